The summed E-state index contributed by atoms with van der Waals surface area (Å²) in [6.07, 6.45) is 3.61. The van der Waals surface area contributed by atoms with Crippen LogP contribution in [0.25, 0.3) is 10.9 Å². The Morgan fingerprint density at radius 2 is 1.82 bits per heavy atom. The van der Waals surface area contributed by atoms with E-state index in [0.717, 1.165) is 22.0 Å². The second-order valence-electron chi connectivity index (χ2n) is 6.83. The van der Waals surface area contributed by atoms with Crippen LogP contribution in [0.15, 0.2) is 83.9 Å². The van der Waals surface area contributed by atoms with Crippen LogP contribution in [0.5, 0.6) is 0 Å². The molecule has 0 saturated carbocycles. The van der Waals surface area contributed by atoms with Gasteiger partial charge in [0.1, 0.15) is 0 Å². The smallest absolute Gasteiger partial charge is 0.251 e. The van der Waals surface area contributed by atoms with Crippen molar-refractivity contribution in [3.05, 3.63) is 106 Å². The van der Waals surface area contributed by atoms with Crippen molar-refractivity contribution >= 4 is 16.8 Å². The lowest BCUT2D eigenvalue weighted by Crippen LogP contribution is -2.30. The molecule has 0 spiro atoms. The highest BCUT2D eigenvalue weighted by Gasteiger charge is 2.19. The number of pyridine rings is 1. The van der Waals surface area contributed by atoms with Gasteiger partial charge in [0.25, 0.3) is 11.5 Å². The van der Waals surface area contributed by atoms with Crippen molar-refractivity contribution in [2.45, 2.75) is 5.92 Å². The lowest BCUT2D eigenvalue weighted by Gasteiger charge is -2.18. The summed E-state index contributed by atoms with van der Waals surface area (Å²) in [4.78, 5) is 27.7. The van der Waals surface area contributed by atoms with Crippen LogP contribution in [-0.2, 0) is 7.05 Å². The highest BCUT2D eigenvalue weighted by molar-refractivity contribution is 5.94. The number of rotatable bonds is 5. The third-order valence-electron chi connectivity index (χ3n) is 5.03. The lowest BCUT2D eigenvalue weighted by molar-refractivity contribution is 0.0952. The number of H-pyrrole nitrogens is 1. The first-order chi connectivity index (χ1) is 13.6. The molecule has 0 unspecified atom stereocenters. The van der Waals surface area contributed by atoms with E-state index in [-0.39, 0.29) is 17.4 Å². The maximum absolute atomic E-state index is 12.6. The Hall–Kier alpha value is -3.60. The molecular weight excluding hydrogens is 350 g/mol. The fourth-order valence-corrected chi connectivity index (χ4v) is 3.46. The van der Waals surface area contributed by atoms with Crippen LogP contribution >= 0.6 is 0 Å². The quantitative estimate of drug-likeness (QED) is 0.564. The monoisotopic (exact) mass is 371 g/mol. The molecule has 140 valence electrons. The first kappa shape index (κ1) is 17.8. The zero-order valence-corrected chi connectivity index (χ0v) is 15.6. The molecule has 0 saturated heterocycles. The Morgan fingerprint density at radius 1 is 1.07 bits per heavy atom. The molecule has 0 aliphatic rings. The molecule has 0 bridgehead atoms. The predicted molar refractivity (Wildman–Crippen MR) is 111 cm³/mol. The van der Waals surface area contributed by atoms with E-state index in [1.54, 1.807) is 19.3 Å². The maximum Gasteiger partial charge on any atom is 0.251 e. The average molecular weight is 371 g/mol. The van der Waals surface area contributed by atoms with Crippen LogP contribution in [0.3, 0.4) is 0 Å². The number of fused-ring (bicyclic) bond motifs is 1. The van der Waals surface area contributed by atoms with E-state index < -0.39 is 0 Å². The number of aromatic nitrogens is 2. The Morgan fingerprint density at radius 3 is 2.61 bits per heavy atom. The molecule has 5 heteroatoms. The normalized spacial score (nSPS) is 12.0. The Labute approximate surface area is 162 Å². The molecule has 5 nitrogen and oxygen atoms in total. The molecule has 2 aromatic carbocycles. The third kappa shape index (κ3) is 3.47. The number of nitrogens with one attached hydrogen (secondary N) is 2. The average Bonchev–Trinajstić information content (AvgIpc) is 3.15. The number of carbonyl (C=O) groups excluding carboxylic acids is 1. The topological polar surface area (TPSA) is 66.9 Å². The summed E-state index contributed by atoms with van der Waals surface area (Å²) in [5.41, 5.74) is 3.48. The molecule has 2 aromatic heterocycles. The molecular formula is C23H21N3O2. The SMILES string of the molecule is Cn1ccc(C(=O)NC[C@H](c2ccccc2)c2c[nH]c3ccccc23)cc1=O. The van der Waals surface area contributed by atoms with Crippen molar-refractivity contribution in [1.82, 2.24) is 14.9 Å². The van der Waals surface area contributed by atoms with Crippen molar-refractivity contribution in [2.24, 2.45) is 7.05 Å². The summed E-state index contributed by atoms with van der Waals surface area (Å²) < 4.78 is 1.44. The van der Waals surface area contributed by atoms with E-state index in [0.29, 0.717) is 12.1 Å². The van der Waals surface area contributed by atoms with Crippen LogP contribution in [0.2, 0.25) is 0 Å². The predicted octanol–water partition coefficient (Wildman–Crippen LogP) is 3.43. The number of benzene rings is 2. The minimum Gasteiger partial charge on any atom is -0.361 e. The molecule has 0 radical (unpaired) electrons. The fourth-order valence-electron chi connectivity index (χ4n) is 3.46. The van der Waals surface area contributed by atoms with E-state index in [1.165, 1.54) is 10.6 Å². The zero-order chi connectivity index (χ0) is 19.5. The summed E-state index contributed by atoms with van der Waals surface area (Å²) >= 11 is 0. The van der Waals surface area contributed by atoms with Gasteiger partial charge in [0, 0.05) is 54.4 Å². The highest BCUT2D eigenvalue weighted by atomic mass is 16.2. The third-order valence-corrected chi connectivity index (χ3v) is 5.03. The van der Waals surface area contributed by atoms with Crippen LogP contribution in [0.4, 0.5) is 0 Å². The zero-order valence-electron chi connectivity index (χ0n) is 15.6. The van der Waals surface area contributed by atoms with Gasteiger partial charge >= 0.3 is 0 Å². The summed E-state index contributed by atoms with van der Waals surface area (Å²) in [5.74, 6) is -0.258. The maximum atomic E-state index is 12.6. The lowest BCUT2D eigenvalue weighted by atomic mass is 9.91. The summed E-state index contributed by atoms with van der Waals surface area (Å²) in [6, 6.07) is 21.3. The number of hydrogen-bond acceptors (Lipinski definition) is 2. The van der Waals surface area contributed by atoms with E-state index in [9.17, 15) is 9.59 Å². The van der Waals surface area contributed by atoms with Crippen LogP contribution in [0, 0.1) is 0 Å². The van der Waals surface area contributed by atoms with Gasteiger partial charge in [0.15, 0.2) is 0 Å². The molecule has 0 aliphatic carbocycles. The molecule has 1 amide bonds. The van der Waals surface area contributed by atoms with E-state index in [2.05, 4.69) is 28.5 Å². The molecule has 0 fully saturated rings. The van der Waals surface area contributed by atoms with Gasteiger partial charge in [-0.15, -0.1) is 0 Å². The summed E-state index contributed by atoms with van der Waals surface area (Å²) in [5, 5.41) is 4.13. The summed E-state index contributed by atoms with van der Waals surface area (Å²) in [7, 11) is 1.66. The van der Waals surface area contributed by atoms with E-state index in [1.807, 2.05) is 42.6 Å². The van der Waals surface area contributed by atoms with E-state index in [4.69, 9.17) is 0 Å². The van der Waals surface area contributed by atoms with Crippen molar-refractivity contribution in [2.75, 3.05) is 6.54 Å². The van der Waals surface area contributed by atoms with Gasteiger partial charge < -0.3 is 14.9 Å². The molecule has 4 rings (SSSR count). The standard InChI is InChI=1S/C23H21N3O2/c1-26-12-11-17(13-22(26)27)23(28)25-14-19(16-7-3-2-4-8-16)20-15-24-21-10-6-5-9-18(20)21/h2-13,15,19,24H,14H2,1H3,(H,25,28)/t19-/m1/s1. The van der Waals surface area contributed by atoms with Crippen molar-refractivity contribution in [3.63, 3.8) is 0 Å². The molecule has 1 atom stereocenters. The largest absolute Gasteiger partial charge is 0.361 e. The second-order valence-corrected chi connectivity index (χ2v) is 6.83. The first-order valence-corrected chi connectivity index (χ1v) is 9.19. The van der Waals surface area contributed by atoms with Crippen LogP contribution < -0.4 is 10.9 Å². The highest BCUT2D eigenvalue weighted by Crippen LogP contribution is 2.30. The summed E-state index contributed by atoms with van der Waals surface area (Å²) in [6.45, 7) is 0.430. The van der Waals surface area contributed by atoms with Gasteiger partial charge in [-0.2, -0.15) is 0 Å². The molecule has 2 heterocycles. The molecule has 0 aliphatic heterocycles. The number of aromatic amines is 1. The Bertz CT molecular complexity index is 1180. The van der Waals surface area contributed by atoms with Gasteiger partial charge in [-0.1, -0.05) is 48.5 Å². The Balaban J connectivity index is 1.64. The van der Waals surface area contributed by atoms with Gasteiger partial charge in [-0.3, -0.25) is 9.59 Å². The van der Waals surface area contributed by atoms with Crippen LogP contribution in [0.1, 0.15) is 27.4 Å². The number of amides is 1. The number of carbonyl (C=O) groups is 1. The first-order valence-electron chi connectivity index (χ1n) is 9.19. The van der Waals surface area contributed by atoms with Gasteiger partial charge in [-0.05, 0) is 23.3 Å². The van der Waals surface area contributed by atoms with Gasteiger partial charge in [0.2, 0.25) is 0 Å². The Kier molecular flexibility index (Phi) is 4.81. The minimum atomic E-state index is -0.251. The molecule has 2 N–H and O–H groups in total. The number of nitrogens with zero attached hydrogens (tertiary/aromatic N) is 1. The minimum absolute atomic E-state index is 0.00662. The fraction of sp³-hybridized carbons (Fsp3) is 0.130. The van der Waals surface area contributed by atoms with Crippen molar-refractivity contribution in [1.29, 1.82) is 0 Å². The van der Waals surface area contributed by atoms with Crippen molar-refractivity contribution < 1.29 is 4.79 Å². The number of hydrogen-bond donors (Lipinski definition) is 2. The van der Waals surface area contributed by atoms with Crippen molar-refractivity contribution in [3.8, 4) is 0 Å². The number of aryl methyl sites for hydroxylation is 1. The molecule has 4 aromatic rings. The van der Waals surface area contributed by atoms with Gasteiger partial charge in [-0.25, -0.2) is 0 Å². The molecule has 28 heavy (non-hydrogen) atoms. The number of para-hydroxylation sites is 1. The van der Waals surface area contributed by atoms with E-state index >= 15 is 0 Å². The van der Waals surface area contributed by atoms with Gasteiger partial charge in [0.05, 0.1) is 0 Å². The van der Waals surface area contributed by atoms with Crippen LogP contribution in [-0.4, -0.2) is 22.0 Å². The second kappa shape index (κ2) is 7.56.